The van der Waals surface area contributed by atoms with Crippen molar-refractivity contribution in [3.8, 4) is 0 Å². The summed E-state index contributed by atoms with van der Waals surface area (Å²) in [5.74, 6) is -0.816. The summed E-state index contributed by atoms with van der Waals surface area (Å²) in [6.07, 6.45) is 3.66. The summed E-state index contributed by atoms with van der Waals surface area (Å²) in [5, 5.41) is 15.8. The number of carbonyl (C=O) groups is 2. The molecule has 1 saturated carbocycles. The molecule has 2 fully saturated rings. The lowest BCUT2D eigenvalue weighted by atomic mass is 10.2. The molecule has 29 heavy (non-hydrogen) atoms. The first-order valence-electron chi connectivity index (χ1n) is 10.5. The van der Waals surface area contributed by atoms with Crippen molar-refractivity contribution in [1.82, 2.24) is 15.1 Å². The highest BCUT2D eigenvalue weighted by molar-refractivity contribution is 5.91. The fraction of sp³-hybridized carbons (Fsp3) is 0.619. The molecule has 1 saturated heterocycles. The summed E-state index contributed by atoms with van der Waals surface area (Å²) < 4.78 is 13.6. The van der Waals surface area contributed by atoms with Crippen molar-refractivity contribution < 1.29 is 19.1 Å². The predicted octanol–water partition coefficient (Wildman–Crippen LogP) is 1.19. The fourth-order valence-corrected chi connectivity index (χ4v) is 4.02. The van der Waals surface area contributed by atoms with Crippen LogP contribution in [-0.2, 0) is 9.59 Å². The van der Waals surface area contributed by atoms with Crippen LogP contribution in [0.2, 0.25) is 0 Å². The summed E-state index contributed by atoms with van der Waals surface area (Å²) in [7, 11) is 0. The SMILES string of the molecule is O=C(CC(O)CN1CCN(CC(=O)NC2CCCC2)CC1)Nc1ccccc1F. The summed E-state index contributed by atoms with van der Waals surface area (Å²) in [6, 6.07) is 6.30. The molecule has 1 aliphatic carbocycles. The van der Waals surface area contributed by atoms with E-state index in [0.29, 0.717) is 19.1 Å². The molecule has 1 aliphatic heterocycles. The van der Waals surface area contributed by atoms with Gasteiger partial charge in [0.15, 0.2) is 0 Å². The van der Waals surface area contributed by atoms with Crippen molar-refractivity contribution in [2.24, 2.45) is 0 Å². The van der Waals surface area contributed by atoms with Gasteiger partial charge in [0.05, 0.1) is 24.8 Å². The largest absolute Gasteiger partial charge is 0.391 e. The number of aliphatic hydroxyl groups excluding tert-OH is 1. The monoisotopic (exact) mass is 406 g/mol. The van der Waals surface area contributed by atoms with Crippen LogP contribution in [0.15, 0.2) is 24.3 Å². The lowest BCUT2D eigenvalue weighted by Gasteiger charge is -2.35. The topological polar surface area (TPSA) is 84.9 Å². The molecule has 0 spiro atoms. The number of nitrogens with zero attached hydrogens (tertiary/aromatic N) is 2. The van der Waals surface area contributed by atoms with Crippen LogP contribution in [0, 0.1) is 5.82 Å². The zero-order valence-corrected chi connectivity index (χ0v) is 16.8. The van der Waals surface area contributed by atoms with Gasteiger partial charge >= 0.3 is 0 Å². The molecule has 3 N–H and O–H groups in total. The number of β-amino-alcohol motifs (C(OH)–C–C–N with tert-alkyl or cyclic N) is 1. The third kappa shape index (κ3) is 7.06. The Bertz CT molecular complexity index is 688. The molecule has 1 heterocycles. The average molecular weight is 407 g/mol. The number of hydrogen-bond donors (Lipinski definition) is 3. The Hall–Kier alpha value is -2.03. The summed E-state index contributed by atoms with van der Waals surface area (Å²) in [4.78, 5) is 28.4. The number of halogens is 1. The van der Waals surface area contributed by atoms with Gasteiger partial charge in [-0.15, -0.1) is 0 Å². The molecule has 1 atom stereocenters. The van der Waals surface area contributed by atoms with Crippen LogP contribution in [0.4, 0.5) is 10.1 Å². The molecular weight excluding hydrogens is 375 g/mol. The number of carbonyl (C=O) groups excluding carboxylic acids is 2. The number of aliphatic hydroxyl groups is 1. The molecule has 1 aromatic carbocycles. The normalized spacial score (nSPS) is 19.8. The number of nitrogens with one attached hydrogen (secondary N) is 2. The number of amides is 2. The second-order valence-corrected chi connectivity index (χ2v) is 8.01. The highest BCUT2D eigenvalue weighted by Crippen LogP contribution is 2.17. The summed E-state index contributed by atoms with van der Waals surface area (Å²) in [6.45, 7) is 3.79. The van der Waals surface area contributed by atoms with Gasteiger partial charge in [-0.2, -0.15) is 0 Å². The minimum absolute atomic E-state index is 0.0850. The Balaban J connectivity index is 1.32. The molecular formula is C21H31FN4O3. The molecule has 160 valence electrons. The highest BCUT2D eigenvalue weighted by Gasteiger charge is 2.23. The third-order valence-corrected chi connectivity index (χ3v) is 5.59. The first-order chi connectivity index (χ1) is 14.0. The fourth-order valence-electron chi connectivity index (χ4n) is 4.02. The lowest BCUT2D eigenvalue weighted by molar-refractivity contribution is -0.123. The molecule has 7 nitrogen and oxygen atoms in total. The number of benzene rings is 1. The van der Waals surface area contributed by atoms with Gasteiger partial charge in [-0.25, -0.2) is 4.39 Å². The molecule has 3 rings (SSSR count). The van der Waals surface area contributed by atoms with Crippen molar-refractivity contribution >= 4 is 17.5 Å². The number of anilines is 1. The van der Waals surface area contributed by atoms with E-state index in [-0.39, 0.29) is 18.0 Å². The van der Waals surface area contributed by atoms with E-state index in [1.165, 1.54) is 25.0 Å². The van der Waals surface area contributed by atoms with Crippen molar-refractivity contribution in [3.63, 3.8) is 0 Å². The Labute approximate surface area is 171 Å². The van der Waals surface area contributed by atoms with E-state index in [0.717, 1.165) is 39.0 Å². The molecule has 0 aromatic heterocycles. The maximum Gasteiger partial charge on any atom is 0.234 e. The van der Waals surface area contributed by atoms with Crippen molar-refractivity contribution in [3.05, 3.63) is 30.1 Å². The van der Waals surface area contributed by atoms with Crippen LogP contribution in [0.25, 0.3) is 0 Å². The Morgan fingerprint density at radius 1 is 1.07 bits per heavy atom. The van der Waals surface area contributed by atoms with Crippen LogP contribution in [0.1, 0.15) is 32.1 Å². The van der Waals surface area contributed by atoms with E-state index in [4.69, 9.17) is 0 Å². The molecule has 1 aromatic rings. The van der Waals surface area contributed by atoms with Crippen molar-refractivity contribution in [2.75, 3.05) is 44.6 Å². The van der Waals surface area contributed by atoms with Gasteiger partial charge in [0.25, 0.3) is 0 Å². The smallest absolute Gasteiger partial charge is 0.234 e. The second-order valence-electron chi connectivity index (χ2n) is 8.01. The number of piperazine rings is 1. The summed E-state index contributed by atoms with van der Waals surface area (Å²) >= 11 is 0. The quantitative estimate of drug-likeness (QED) is 0.604. The molecule has 1 unspecified atom stereocenters. The van der Waals surface area contributed by atoms with Crippen LogP contribution < -0.4 is 10.6 Å². The molecule has 2 aliphatic rings. The van der Waals surface area contributed by atoms with Crippen LogP contribution >= 0.6 is 0 Å². The molecule has 0 radical (unpaired) electrons. The highest BCUT2D eigenvalue weighted by atomic mass is 19.1. The van der Waals surface area contributed by atoms with E-state index in [2.05, 4.69) is 20.4 Å². The van der Waals surface area contributed by atoms with Gasteiger partial charge in [0, 0.05) is 38.8 Å². The Kier molecular flexibility index (Phi) is 7.97. The van der Waals surface area contributed by atoms with E-state index < -0.39 is 17.8 Å². The second kappa shape index (κ2) is 10.7. The minimum atomic E-state index is -0.820. The van der Waals surface area contributed by atoms with Crippen LogP contribution in [0.5, 0.6) is 0 Å². The molecule has 8 heteroatoms. The zero-order valence-electron chi connectivity index (χ0n) is 16.8. The predicted molar refractivity (Wildman–Crippen MR) is 109 cm³/mol. The summed E-state index contributed by atoms with van der Waals surface area (Å²) in [5.41, 5.74) is 0.120. The van der Waals surface area contributed by atoms with E-state index in [9.17, 15) is 19.1 Å². The maximum absolute atomic E-state index is 13.6. The minimum Gasteiger partial charge on any atom is -0.391 e. The Morgan fingerprint density at radius 2 is 1.72 bits per heavy atom. The number of para-hydroxylation sites is 1. The van der Waals surface area contributed by atoms with Gasteiger partial charge in [0.1, 0.15) is 5.82 Å². The van der Waals surface area contributed by atoms with E-state index in [1.54, 1.807) is 12.1 Å². The van der Waals surface area contributed by atoms with E-state index >= 15 is 0 Å². The van der Waals surface area contributed by atoms with Gasteiger partial charge in [0.2, 0.25) is 11.8 Å². The van der Waals surface area contributed by atoms with Crippen LogP contribution in [-0.4, -0.2) is 78.1 Å². The third-order valence-electron chi connectivity index (χ3n) is 5.59. The zero-order chi connectivity index (χ0) is 20.6. The molecule has 0 bridgehead atoms. The van der Waals surface area contributed by atoms with Gasteiger partial charge < -0.3 is 15.7 Å². The van der Waals surface area contributed by atoms with Crippen molar-refractivity contribution in [1.29, 1.82) is 0 Å². The Morgan fingerprint density at radius 3 is 2.41 bits per heavy atom. The maximum atomic E-state index is 13.6. The van der Waals surface area contributed by atoms with Crippen LogP contribution in [0.3, 0.4) is 0 Å². The van der Waals surface area contributed by atoms with E-state index in [1.807, 2.05) is 0 Å². The number of hydrogen-bond acceptors (Lipinski definition) is 5. The molecule has 2 amide bonds. The number of rotatable bonds is 8. The first-order valence-corrected chi connectivity index (χ1v) is 10.5. The van der Waals surface area contributed by atoms with Gasteiger partial charge in [-0.05, 0) is 25.0 Å². The lowest BCUT2D eigenvalue weighted by Crippen LogP contribution is -2.51. The van der Waals surface area contributed by atoms with Crippen molar-refractivity contribution in [2.45, 2.75) is 44.2 Å². The average Bonchev–Trinajstić information content (AvgIpc) is 3.18. The first kappa shape index (κ1) is 21.7. The van der Waals surface area contributed by atoms with Gasteiger partial charge in [-0.3, -0.25) is 19.4 Å². The standard InChI is InChI=1S/C21H31FN4O3/c22-18-7-3-4-8-19(18)24-20(28)13-17(27)14-25-9-11-26(12-10-25)15-21(29)23-16-5-1-2-6-16/h3-4,7-8,16-17,27H,1-2,5-6,9-15H2,(H,23,29)(H,24,28). The van der Waals surface area contributed by atoms with Gasteiger partial charge in [-0.1, -0.05) is 25.0 Å².